The maximum absolute atomic E-state index is 12.9. The Hall–Kier alpha value is -0.670. The molecule has 0 aromatic rings. The number of methoxy groups -OCH3 is 1. The number of aldehydes is 1. The highest BCUT2D eigenvalue weighted by Crippen LogP contribution is 2.35. The zero-order chi connectivity index (χ0) is 9.19. The number of ether oxygens (including phenoxy) is 1. The van der Waals surface area contributed by atoms with Gasteiger partial charge in [0.1, 0.15) is 18.0 Å². The molecular formula is C8H8ClFO2. The predicted molar refractivity (Wildman–Crippen MR) is 43.5 cm³/mol. The van der Waals surface area contributed by atoms with E-state index in [-0.39, 0.29) is 0 Å². The third-order valence-corrected chi connectivity index (χ3v) is 2.26. The molecule has 2 atom stereocenters. The second-order valence-corrected chi connectivity index (χ2v) is 3.02. The van der Waals surface area contributed by atoms with Crippen molar-refractivity contribution < 1.29 is 13.9 Å². The van der Waals surface area contributed by atoms with Crippen molar-refractivity contribution >= 4 is 17.9 Å². The predicted octanol–water partition coefficient (Wildman–Crippen LogP) is 1.81. The first-order valence-corrected chi connectivity index (χ1v) is 3.76. The molecule has 12 heavy (non-hydrogen) atoms. The number of rotatable bonds is 2. The number of carbonyl (C=O) groups excluding carboxylic acids is 1. The lowest BCUT2D eigenvalue weighted by Gasteiger charge is -2.28. The van der Waals surface area contributed by atoms with Crippen LogP contribution >= 0.6 is 11.6 Å². The van der Waals surface area contributed by atoms with Crippen molar-refractivity contribution in [2.45, 2.75) is 5.06 Å². The average Bonchev–Trinajstić information content (AvgIpc) is 2.05. The first-order valence-electron chi connectivity index (χ1n) is 3.38. The zero-order valence-corrected chi connectivity index (χ0v) is 7.22. The molecule has 0 fully saturated rings. The first kappa shape index (κ1) is 9.42. The van der Waals surface area contributed by atoms with Gasteiger partial charge in [-0.2, -0.15) is 0 Å². The summed E-state index contributed by atoms with van der Waals surface area (Å²) in [5.41, 5.74) is 0. The number of allylic oxidation sites excluding steroid dienone is 2. The molecule has 2 unspecified atom stereocenters. The Labute approximate surface area is 74.7 Å². The summed E-state index contributed by atoms with van der Waals surface area (Å²) in [6.45, 7) is 0. The lowest BCUT2D eigenvalue weighted by atomic mass is 9.97. The highest BCUT2D eigenvalue weighted by Gasteiger charge is 2.39. The van der Waals surface area contributed by atoms with Crippen LogP contribution in [0.4, 0.5) is 4.39 Å². The molecule has 0 bridgehead atoms. The molecule has 1 rings (SSSR count). The van der Waals surface area contributed by atoms with Gasteiger partial charge in [0.25, 0.3) is 0 Å². The Kier molecular flexibility index (Phi) is 2.65. The maximum atomic E-state index is 12.9. The van der Waals surface area contributed by atoms with Gasteiger partial charge in [0.2, 0.25) is 0 Å². The lowest BCUT2D eigenvalue weighted by molar-refractivity contribution is -0.114. The van der Waals surface area contributed by atoms with Gasteiger partial charge in [-0.05, 0) is 12.2 Å². The Morgan fingerprint density at radius 2 is 2.50 bits per heavy atom. The van der Waals surface area contributed by atoms with Gasteiger partial charge in [-0.15, -0.1) is 0 Å². The molecule has 0 heterocycles. The van der Waals surface area contributed by atoms with Crippen molar-refractivity contribution in [1.29, 1.82) is 0 Å². The van der Waals surface area contributed by atoms with Crippen LogP contribution in [-0.2, 0) is 9.53 Å². The summed E-state index contributed by atoms with van der Waals surface area (Å²) in [5.74, 6) is -1.63. The van der Waals surface area contributed by atoms with Gasteiger partial charge in [-0.1, -0.05) is 17.7 Å². The summed E-state index contributed by atoms with van der Waals surface area (Å²) in [5, 5.41) is -1.36. The fraction of sp³-hybridized carbons (Fsp3) is 0.375. The molecule has 0 aliphatic heterocycles. The van der Waals surface area contributed by atoms with Gasteiger partial charge in [-0.3, -0.25) is 0 Å². The molecular weight excluding hydrogens is 183 g/mol. The van der Waals surface area contributed by atoms with E-state index in [0.717, 1.165) is 0 Å². The van der Waals surface area contributed by atoms with Gasteiger partial charge in [-0.25, -0.2) is 4.39 Å². The van der Waals surface area contributed by atoms with Crippen LogP contribution < -0.4 is 0 Å². The minimum absolute atomic E-state index is 0.436. The van der Waals surface area contributed by atoms with E-state index in [1.807, 2.05) is 0 Å². The Balaban J connectivity index is 2.98. The van der Waals surface area contributed by atoms with E-state index in [4.69, 9.17) is 16.3 Å². The topological polar surface area (TPSA) is 26.3 Å². The van der Waals surface area contributed by atoms with Crippen LogP contribution in [0.3, 0.4) is 0 Å². The number of alkyl halides is 1. The summed E-state index contributed by atoms with van der Waals surface area (Å²) in [6, 6.07) is 0. The van der Waals surface area contributed by atoms with E-state index in [1.54, 1.807) is 0 Å². The Morgan fingerprint density at radius 3 is 2.92 bits per heavy atom. The monoisotopic (exact) mass is 190 g/mol. The van der Waals surface area contributed by atoms with Gasteiger partial charge in [0.15, 0.2) is 5.06 Å². The van der Waals surface area contributed by atoms with Crippen LogP contribution in [0.25, 0.3) is 0 Å². The van der Waals surface area contributed by atoms with Crippen LogP contribution in [0, 0.1) is 5.92 Å². The quantitative estimate of drug-likeness (QED) is 0.490. The smallest absolute Gasteiger partial charge is 0.176 e. The van der Waals surface area contributed by atoms with Crippen LogP contribution in [-0.4, -0.2) is 18.5 Å². The van der Waals surface area contributed by atoms with Gasteiger partial charge in [0, 0.05) is 7.11 Å². The van der Waals surface area contributed by atoms with E-state index in [2.05, 4.69) is 0 Å². The summed E-state index contributed by atoms with van der Waals surface area (Å²) >= 11 is 5.80. The summed E-state index contributed by atoms with van der Waals surface area (Å²) < 4.78 is 17.8. The zero-order valence-electron chi connectivity index (χ0n) is 6.46. The largest absolute Gasteiger partial charge is 0.358 e. The van der Waals surface area contributed by atoms with Gasteiger partial charge in [0.05, 0.1) is 0 Å². The minimum Gasteiger partial charge on any atom is -0.358 e. The van der Waals surface area contributed by atoms with Crippen LogP contribution in [0.15, 0.2) is 24.1 Å². The molecule has 0 radical (unpaired) electrons. The molecule has 2 nitrogen and oxygen atoms in total. The minimum atomic E-state index is -1.36. The molecule has 0 spiro atoms. The van der Waals surface area contributed by atoms with Gasteiger partial charge >= 0.3 is 0 Å². The standard InChI is InChI=1S/C8H8ClFO2/c1-12-8(9)4-2-3-7(10)6(8)5-11/h2-6H,1H3. The Bertz CT molecular complexity index is 249. The van der Waals surface area contributed by atoms with Crippen molar-refractivity contribution in [3.63, 3.8) is 0 Å². The highest BCUT2D eigenvalue weighted by atomic mass is 35.5. The SMILES string of the molecule is COC1(Cl)C=CC=C(F)C1C=O. The van der Waals surface area contributed by atoms with E-state index in [1.165, 1.54) is 25.3 Å². The lowest BCUT2D eigenvalue weighted by Crippen LogP contribution is -2.35. The van der Waals surface area contributed by atoms with Crippen molar-refractivity contribution in [3.05, 3.63) is 24.1 Å². The summed E-state index contributed by atoms with van der Waals surface area (Å²) in [6.07, 6.45) is 4.49. The molecule has 0 saturated heterocycles. The van der Waals surface area contributed by atoms with E-state index in [9.17, 15) is 9.18 Å². The molecule has 1 aliphatic carbocycles. The second kappa shape index (κ2) is 3.37. The molecule has 0 aromatic carbocycles. The molecule has 0 amide bonds. The van der Waals surface area contributed by atoms with Crippen molar-refractivity contribution in [2.75, 3.05) is 7.11 Å². The molecule has 1 aliphatic rings. The second-order valence-electron chi connectivity index (χ2n) is 2.43. The Morgan fingerprint density at radius 1 is 1.83 bits per heavy atom. The number of hydrogen-bond acceptors (Lipinski definition) is 2. The number of halogens is 2. The first-order chi connectivity index (χ1) is 5.64. The van der Waals surface area contributed by atoms with E-state index in [0.29, 0.717) is 6.29 Å². The number of hydrogen-bond donors (Lipinski definition) is 0. The highest BCUT2D eigenvalue weighted by molar-refractivity contribution is 6.25. The van der Waals surface area contributed by atoms with Crippen molar-refractivity contribution in [1.82, 2.24) is 0 Å². The van der Waals surface area contributed by atoms with E-state index >= 15 is 0 Å². The third kappa shape index (κ3) is 1.42. The molecule has 66 valence electrons. The molecule has 0 N–H and O–H groups in total. The van der Waals surface area contributed by atoms with Crippen molar-refractivity contribution in [3.8, 4) is 0 Å². The normalized spacial score (nSPS) is 34.6. The molecule has 0 aromatic heterocycles. The van der Waals surface area contributed by atoms with Crippen molar-refractivity contribution in [2.24, 2.45) is 5.92 Å². The van der Waals surface area contributed by atoms with Crippen LogP contribution in [0.2, 0.25) is 0 Å². The number of carbonyl (C=O) groups is 1. The fourth-order valence-corrected chi connectivity index (χ4v) is 1.25. The molecule has 4 heteroatoms. The maximum Gasteiger partial charge on any atom is 0.176 e. The van der Waals surface area contributed by atoms with E-state index < -0.39 is 16.8 Å². The molecule has 0 saturated carbocycles. The van der Waals surface area contributed by atoms with Crippen LogP contribution in [0.5, 0.6) is 0 Å². The summed E-state index contributed by atoms with van der Waals surface area (Å²) in [4.78, 5) is 10.5. The fourth-order valence-electron chi connectivity index (χ4n) is 1.02. The average molecular weight is 191 g/mol. The van der Waals surface area contributed by atoms with Gasteiger partial charge < -0.3 is 9.53 Å². The summed E-state index contributed by atoms with van der Waals surface area (Å²) in [7, 11) is 1.33. The van der Waals surface area contributed by atoms with Crippen LogP contribution in [0.1, 0.15) is 0 Å². The third-order valence-electron chi connectivity index (χ3n) is 1.75.